The van der Waals surface area contributed by atoms with Gasteiger partial charge < -0.3 is 10.5 Å². The molecule has 7 heteroatoms. The molecule has 0 fully saturated rings. The van der Waals surface area contributed by atoms with Crippen molar-refractivity contribution < 1.29 is 17.9 Å². The third-order valence-electron chi connectivity index (χ3n) is 2.49. The molecule has 0 saturated carbocycles. The van der Waals surface area contributed by atoms with Crippen molar-refractivity contribution in [3.05, 3.63) is 35.9 Å². The largest absolute Gasteiger partial charge is 0.496 e. The van der Waals surface area contributed by atoms with Gasteiger partial charge in [-0.2, -0.15) is 13.2 Å². The standard InChI is InChI=1S/C12H10F3N3O/c1-19-10-6-7(2-3-8(10)12(13,14)15)9-4-5-11(16)18-17-9/h2-6H,1H3,(H2,16,18). The fraction of sp³-hybridized carbons (Fsp3) is 0.167. The molecule has 0 radical (unpaired) electrons. The number of methoxy groups -OCH3 is 1. The van der Waals surface area contributed by atoms with Crippen LogP contribution in [0.4, 0.5) is 19.0 Å². The number of rotatable bonds is 2. The third-order valence-corrected chi connectivity index (χ3v) is 2.49. The number of alkyl halides is 3. The van der Waals surface area contributed by atoms with E-state index in [1.54, 1.807) is 6.07 Å². The van der Waals surface area contributed by atoms with Crippen LogP contribution in [-0.2, 0) is 6.18 Å². The second-order valence-electron chi connectivity index (χ2n) is 3.76. The Hall–Kier alpha value is -2.31. The fourth-order valence-electron chi connectivity index (χ4n) is 1.58. The van der Waals surface area contributed by atoms with E-state index in [1.807, 2.05) is 0 Å². The second-order valence-corrected chi connectivity index (χ2v) is 3.76. The lowest BCUT2D eigenvalue weighted by Gasteiger charge is -2.12. The van der Waals surface area contributed by atoms with E-state index in [0.29, 0.717) is 11.3 Å². The average molecular weight is 269 g/mol. The first-order valence-electron chi connectivity index (χ1n) is 5.26. The summed E-state index contributed by atoms with van der Waals surface area (Å²) in [6.45, 7) is 0. The zero-order valence-electron chi connectivity index (χ0n) is 9.90. The highest BCUT2D eigenvalue weighted by Gasteiger charge is 2.34. The van der Waals surface area contributed by atoms with Crippen LogP contribution >= 0.6 is 0 Å². The lowest BCUT2D eigenvalue weighted by molar-refractivity contribution is -0.138. The van der Waals surface area contributed by atoms with E-state index in [4.69, 9.17) is 10.5 Å². The molecule has 4 nitrogen and oxygen atoms in total. The minimum Gasteiger partial charge on any atom is -0.496 e. The second kappa shape index (κ2) is 4.75. The van der Waals surface area contributed by atoms with Gasteiger partial charge in [-0.3, -0.25) is 0 Å². The molecule has 0 spiro atoms. The first-order chi connectivity index (χ1) is 8.91. The monoisotopic (exact) mass is 269 g/mol. The topological polar surface area (TPSA) is 61.0 Å². The van der Waals surface area contributed by atoms with Crippen LogP contribution < -0.4 is 10.5 Å². The highest BCUT2D eigenvalue weighted by molar-refractivity contribution is 5.63. The van der Waals surface area contributed by atoms with Gasteiger partial charge in [-0.05, 0) is 24.3 Å². The number of nitrogen functional groups attached to an aromatic ring is 1. The molecule has 0 aliphatic rings. The molecule has 1 aromatic carbocycles. The van der Waals surface area contributed by atoms with E-state index in [9.17, 15) is 13.2 Å². The van der Waals surface area contributed by atoms with E-state index >= 15 is 0 Å². The predicted molar refractivity (Wildman–Crippen MR) is 63.4 cm³/mol. The van der Waals surface area contributed by atoms with E-state index in [-0.39, 0.29) is 11.6 Å². The van der Waals surface area contributed by atoms with Crippen LogP contribution in [0.3, 0.4) is 0 Å². The van der Waals surface area contributed by atoms with Crippen LogP contribution in [0.2, 0.25) is 0 Å². The molecule has 19 heavy (non-hydrogen) atoms. The summed E-state index contributed by atoms with van der Waals surface area (Å²) in [5, 5.41) is 7.45. The van der Waals surface area contributed by atoms with Gasteiger partial charge in [-0.1, -0.05) is 6.07 Å². The van der Waals surface area contributed by atoms with Crippen LogP contribution in [-0.4, -0.2) is 17.3 Å². The molecule has 1 aromatic heterocycles. The summed E-state index contributed by atoms with van der Waals surface area (Å²) in [5.74, 6) is -0.0220. The first-order valence-corrected chi connectivity index (χ1v) is 5.26. The van der Waals surface area contributed by atoms with Crippen molar-refractivity contribution >= 4 is 5.82 Å². The van der Waals surface area contributed by atoms with Crippen LogP contribution in [0, 0.1) is 0 Å². The summed E-state index contributed by atoms with van der Waals surface area (Å²) >= 11 is 0. The molecule has 2 N–H and O–H groups in total. The zero-order valence-corrected chi connectivity index (χ0v) is 9.90. The van der Waals surface area contributed by atoms with Gasteiger partial charge in [0.1, 0.15) is 11.6 Å². The summed E-state index contributed by atoms with van der Waals surface area (Å²) in [5.41, 5.74) is 5.45. The molecule has 2 rings (SSSR count). The molecule has 100 valence electrons. The summed E-state index contributed by atoms with van der Waals surface area (Å²) in [7, 11) is 1.18. The van der Waals surface area contributed by atoms with Crippen molar-refractivity contribution in [3.63, 3.8) is 0 Å². The van der Waals surface area contributed by atoms with Crippen molar-refractivity contribution in [1.82, 2.24) is 10.2 Å². The quantitative estimate of drug-likeness (QED) is 0.910. The number of ether oxygens (including phenoxy) is 1. The van der Waals surface area contributed by atoms with Gasteiger partial charge in [0.2, 0.25) is 0 Å². The lowest BCUT2D eigenvalue weighted by atomic mass is 10.1. The van der Waals surface area contributed by atoms with Gasteiger partial charge in [0, 0.05) is 5.56 Å². The molecule has 1 heterocycles. The lowest BCUT2D eigenvalue weighted by Crippen LogP contribution is -2.07. The SMILES string of the molecule is COc1cc(-c2ccc(N)nn2)ccc1C(F)(F)F. The fourth-order valence-corrected chi connectivity index (χ4v) is 1.58. The Kier molecular flexibility index (Phi) is 3.28. The number of hydrogen-bond acceptors (Lipinski definition) is 4. The van der Waals surface area contributed by atoms with Gasteiger partial charge in [-0.25, -0.2) is 0 Å². The van der Waals surface area contributed by atoms with E-state index in [2.05, 4.69) is 10.2 Å². The van der Waals surface area contributed by atoms with E-state index in [1.165, 1.54) is 25.3 Å². The Balaban J connectivity index is 2.47. The maximum absolute atomic E-state index is 12.7. The molecule has 0 unspecified atom stereocenters. The van der Waals surface area contributed by atoms with Crippen LogP contribution in [0.1, 0.15) is 5.56 Å². The summed E-state index contributed by atoms with van der Waals surface area (Å²) in [6, 6.07) is 6.62. The molecule has 0 aliphatic heterocycles. The van der Waals surface area contributed by atoms with Crippen molar-refractivity contribution in [1.29, 1.82) is 0 Å². The number of nitrogens with zero attached hydrogens (tertiary/aromatic N) is 2. The smallest absolute Gasteiger partial charge is 0.419 e. The molecule has 0 amide bonds. The van der Waals surface area contributed by atoms with E-state index < -0.39 is 11.7 Å². The molecule has 2 aromatic rings. The van der Waals surface area contributed by atoms with Gasteiger partial charge >= 0.3 is 6.18 Å². The maximum Gasteiger partial charge on any atom is 0.419 e. The average Bonchev–Trinajstić information content (AvgIpc) is 2.38. The normalized spacial score (nSPS) is 11.4. The Labute approximate surface area is 107 Å². The minimum absolute atomic E-state index is 0.239. The van der Waals surface area contributed by atoms with Crippen molar-refractivity contribution in [3.8, 4) is 17.0 Å². The summed E-state index contributed by atoms with van der Waals surface area (Å²) in [4.78, 5) is 0. The number of halogens is 3. The van der Waals surface area contributed by atoms with Crippen molar-refractivity contribution in [2.45, 2.75) is 6.18 Å². The van der Waals surface area contributed by atoms with Crippen LogP contribution in [0.5, 0.6) is 5.75 Å². The van der Waals surface area contributed by atoms with Gasteiger partial charge in [0.15, 0.2) is 0 Å². The third kappa shape index (κ3) is 2.75. The predicted octanol–water partition coefficient (Wildman–Crippen LogP) is 2.75. The van der Waals surface area contributed by atoms with E-state index in [0.717, 1.165) is 6.07 Å². The minimum atomic E-state index is -4.46. The number of benzene rings is 1. The number of hydrogen-bond donors (Lipinski definition) is 1. The Morgan fingerprint density at radius 3 is 2.37 bits per heavy atom. The number of nitrogens with two attached hydrogens (primary N) is 1. The van der Waals surface area contributed by atoms with Crippen LogP contribution in [0.25, 0.3) is 11.3 Å². The first kappa shape index (κ1) is 13.1. The molecule has 0 atom stereocenters. The molecule has 0 aliphatic carbocycles. The number of anilines is 1. The van der Waals surface area contributed by atoms with Gasteiger partial charge in [-0.15, -0.1) is 10.2 Å². The molecule has 0 bridgehead atoms. The molecule has 0 saturated heterocycles. The van der Waals surface area contributed by atoms with Crippen molar-refractivity contribution in [2.24, 2.45) is 0 Å². The van der Waals surface area contributed by atoms with Gasteiger partial charge in [0.25, 0.3) is 0 Å². The highest BCUT2D eigenvalue weighted by Crippen LogP contribution is 2.38. The Morgan fingerprint density at radius 2 is 1.84 bits per heavy atom. The Bertz CT molecular complexity index is 582. The molecular formula is C12H10F3N3O. The molecular weight excluding hydrogens is 259 g/mol. The van der Waals surface area contributed by atoms with Gasteiger partial charge in [0.05, 0.1) is 18.4 Å². The Morgan fingerprint density at radius 1 is 1.11 bits per heavy atom. The summed E-state index contributed by atoms with van der Waals surface area (Å²) in [6.07, 6.45) is -4.46. The zero-order chi connectivity index (χ0) is 14.0. The van der Waals surface area contributed by atoms with Crippen LogP contribution in [0.15, 0.2) is 30.3 Å². The van der Waals surface area contributed by atoms with Crippen molar-refractivity contribution in [2.75, 3.05) is 12.8 Å². The maximum atomic E-state index is 12.7. The number of aromatic nitrogens is 2. The summed E-state index contributed by atoms with van der Waals surface area (Å²) < 4.78 is 42.9. The highest BCUT2D eigenvalue weighted by atomic mass is 19.4.